The van der Waals surface area contributed by atoms with E-state index < -0.39 is 0 Å². The van der Waals surface area contributed by atoms with Crippen LogP contribution in [0.2, 0.25) is 5.02 Å². The van der Waals surface area contributed by atoms with Gasteiger partial charge >= 0.3 is 0 Å². The Labute approximate surface area is 196 Å². The quantitative estimate of drug-likeness (QED) is 0.562. The van der Waals surface area contributed by atoms with Crippen LogP contribution >= 0.6 is 23.4 Å². The average molecular weight is 471 g/mol. The van der Waals surface area contributed by atoms with E-state index in [0.717, 1.165) is 54.1 Å². The minimum Gasteiger partial charge on any atom is -0.367 e. The molecule has 0 spiro atoms. The van der Waals surface area contributed by atoms with Gasteiger partial charge in [0.05, 0.1) is 27.5 Å². The molecule has 8 heteroatoms. The van der Waals surface area contributed by atoms with Crippen molar-refractivity contribution in [2.75, 3.05) is 60.6 Å². The molecule has 0 atom stereocenters. The predicted molar refractivity (Wildman–Crippen MR) is 131 cm³/mol. The molecule has 3 aromatic rings. The number of rotatable bonds is 3. The number of fused-ring (bicyclic) bond motifs is 1. The fraction of sp³-hybridized carbons (Fsp3) is 0.333. The number of hydrogen-bond donors (Lipinski definition) is 0. The number of halogens is 2. The summed E-state index contributed by atoms with van der Waals surface area (Å²) in [6.07, 6.45) is 1.67. The smallest absolute Gasteiger partial charge is 0.257 e. The van der Waals surface area contributed by atoms with Gasteiger partial charge in [0.25, 0.3) is 5.91 Å². The van der Waals surface area contributed by atoms with Crippen molar-refractivity contribution in [3.63, 3.8) is 0 Å². The van der Waals surface area contributed by atoms with E-state index in [9.17, 15) is 9.18 Å². The minimum absolute atomic E-state index is 0.0208. The first-order valence-corrected chi connectivity index (χ1v) is 12.3. The molecule has 5 rings (SSSR count). The summed E-state index contributed by atoms with van der Waals surface area (Å²) in [7, 11) is 0. The van der Waals surface area contributed by atoms with E-state index in [1.54, 1.807) is 12.3 Å². The van der Waals surface area contributed by atoms with E-state index in [-0.39, 0.29) is 11.7 Å². The molecule has 2 aromatic carbocycles. The summed E-state index contributed by atoms with van der Waals surface area (Å²) in [5.41, 5.74) is 3.06. The van der Waals surface area contributed by atoms with Gasteiger partial charge in [0, 0.05) is 62.4 Å². The zero-order valence-electron chi connectivity index (χ0n) is 17.6. The van der Waals surface area contributed by atoms with Gasteiger partial charge in [0.15, 0.2) is 0 Å². The van der Waals surface area contributed by atoms with Crippen molar-refractivity contribution in [2.24, 2.45) is 0 Å². The number of amides is 1. The molecule has 2 aliphatic rings. The zero-order valence-corrected chi connectivity index (χ0v) is 19.2. The highest BCUT2D eigenvalue weighted by Gasteiger charge is 2.28. The number of para-hydroxylation sites is 1. The van der Waals surface area contributed by atoms with Crippen molar-refractivity contribution in [2.45, 2.75) is 0 Å². The van der Waals surface area contributed by atoms with Crippen molar-refractivity contribution in [3.8, 4) is 0 Å². The second-order valence-electron chi connectivity index (χ2n) is 8.01. The highest BCUT2D eigenvalue weighted by molar-refractivity contribution is 7.99. The average Bonchev–Trinajstić information content (AvgIpc) is 2.84. The van der Waals surface area contributed by atoms with Crippen LogP contribution in [0.1, 0.15) is 10.4 Å². The molecule has 2 fully saturated rings. The summed E-state index contributed by atoms with van der Waals surface area (Å²) in [5.74, 6) is 1.53. The number of hydrogen-bond acceptors (Lipinski definition) is 5. The van der Waals surface area contributed by atoms with E-state index in [1.807, 2.05) is 40.9 Å². The largest absolute Gasteiger partial charge is 0.367 e. The molecular formula is C24H24ClFN4OS. The summed E-state index contributed by atoms with van der Waals surface area (Å²) in [4.78, 5) is 24.3. The number of carbonyl (C=O) groups is 1. The highest BCUT2D eigenvalue weighted by Crippen LogP contribution is 2.34. The second kappa shape index (κ2) is 9.16. The Balaban J connectivity index is 1.50. The number of pyridine rings is 1. The maximum absolute atomic E-state index is 14.2. The first kappa shape index (κ1) is 21.3. The molecular weight excluding hydrogens is 447 g/mol. The molecule has 5 nitrogen and oxygen atoms in total. The molecule has 1 amide bonds. The third-order valence-electron chi connectivity index (χ3n) is 6.12. The highest BCUT2D eigenvalue weighted by atomic mass is 35.5. The number of carbonyl (C=O) groups excluding carboxylic acids is 1. The normalized spacial score (nSPS) is 17.1. The number of aromatic nitrogens is 1. The Hall–Kier alpha value is -2.51. The molecule has 0 saturated carbocycles. The molecule has 32 heavy (non-hydrogen) atoms. The van der Waals surface area contributed by atoms with Crippen LogP contribution in [-0.2, 0) is 0 Å². The molecule has 2 saturated heterocycles. The lowest BCUT2D eigenvalue weighted by Gasteiger charge is -2.39. The van der Waals surface area contributed by atoms with Crippen LogP contribution in [0.25, 0.3) is 10.9 Å². The maximum atomic E-state index is 14.2. The van der Waals surface area contributed by atoms with Crippen LogP contribution < -0.4 is 9.80 Å². The molecule has 2 aliphatic heterocycles. The van der Waals surface area contributed by atoms with Crippen LogP contribution in [0.5, 0.6) is 0 Å². The van der Waals surface area contributed by atoms with Gasteiger partial charge < -0.3 is 14.7 Å². The molecule has 0 bridgehead atoms. The SMILES string of the molecule is O=C(c1cnc2ccc(F)cc2c1N1CCN(c2ccccc2Cl)CC1)N1CCSCC1. The number of thioether (sulfide) groups is 1. The van der Waals surface area contributed by atoms with Gasteiger partial charge in [-0.1, -0.05) is 23.7 Å². The first-order chi connectivity index (χ1) is 15.6. The summed E-state index contributed by atoms with van der Waals surface area (Å²) in [6.45, 7) is 4.39. The second-order valence-corrected chi connectivity index (χ2v) is 9.64. The predicted octanol–water partition coefficient (Wildman–Crippen LogP) is 4.54. The van der Waals surface area contributed by atoms with Gasteiger partial charge in [-0.3, -0.25) is 9.78 Å². The summed E-state index contributed by atoms with van der Waals surface area (Å²) >= 11 is 8.26. The van der Waals surface area contributed by atoms with E-state index in [1.165, 1.54) is 12.1 Å². The molecule has 1 aromatic heterocycles. The Morgan fingerprint density at radius 2 is 1.69 bits per heavy atom. The van der Waals surface area contributed by atoms with Crippen LogP contribution in [0.15, 0.2) is 48.7 Å². The Morgan fingerprint density at radius 1 is 0.969 bits per heavy atom. The van der Waals surface area contributed by atoms with Gasteiger partial charge in [-0.15, -0.1) is 0 Å². The fourth-order valence-electron chi connectivity index (χ4n) is 4.46. The minimum atomic E-state index is -0.325. The third kappa shape index (κ3) is 4.11. The molecule has 0 N–H and O–H groups in total. The first-order valence-electron chi connectivity index (χ1n) is 10.8. The van der Waals surface area contributed by atoms with Crippen LogP contribution in [0.4, 0.5) is 15.8 Å². The van der Waals surface area contributed by atoms with Crippen molar-refractivity contribution in [3.05, 3.63) is 65.1 Å². The molecule has 0 radical (unpaired) electrons. The van der Waals surface area contributed by atoms with Gasteiger partial charge in [-0.25, -0.2) is 4.39 Å². The van der Waals surface area contributed by atoms with Crippen LogP contribution in [0, 0.1) is 5.82 Å². The molecule has 3 heterocycles. The van der Waals surface area contributed by atoms with E-state index >= 15 is 0 Å². The molecule has 0 aliphatic carbocycles. The summed E-state index contributed by atoms with van der Waals surface area (Å²) < 4.78 is 14.2. The number of piperazine rings is 1. The molecule has 166 valence electrons. The van der Waals surface area contributed by atoms with Crippen molar-refractivity contribution < 1.29 is 9.18 Å². The van der Waals surface area contributed by atoms with Crippen molar-refractivity contribution in [1.82, 2.24) is 9.88 Å². The van der Waals surface area contributed by atoms with E-state index in [0.29, 0.717) is 29.6 Å². The van der Waals surface area contributed by atoms with Gasteiger partial charge in [-0.05, 0) is 30.3 Å². The van der Waals surface area contributed by atoms with Crippen molar-refractivity contribution >= 4 is 51.5 Å². The van der Waals surface area contributed by atoms with Crippen LogP contribution in [0.3, 0.4) is 0 Å². The lowest BCUT2D eigenvalue weighted by molar-refractivity contribution is 0.0772. The standard InChI is InChI=1S/C24H24ClFN4OS/c25-20-3-1-2-4-22(20)28-7-9-29(10-8-28)23-18-15-17(26)5-6-21(18)27-16-19(23)24(31)30-11-13-32-14-12-30/h1-6,15-16H,7-14H2. The summed E-state index contributed by atoms with van der Waals surface area (Å²) in [6, 6.07) is 12.4. The lowest BCUT2D eigenvalue weighted by Crippen LogP contribution is -2.47. The Morgan fingerprint density at radius 3 is 2.44 bits per heavy atom. The van der Waals surface area contributed by atoms with Gasteiger partial charge in [-0.2, -0.15) is 11.8 Å². The number of anilines is 2. The number of nitrogens with zero attached hydrogens (tertiary/aromatic N) is 4. The van der Waals surface area contributed by atoms with E-state index in [2.05, 4.69) is 14.8 Å². The van der Waals surface area contributed by atoms with Crippen LogP contribution in [-0.4, -0.2) is 66.6 Å². The lowest BCUT2D eigenvalue weighted by atomic mass is 10.1. The number of benzene rings is 2. The zero-order chi connectivity index (χ0) is 22.1. The van der Waals surface area contributed by atoms with E-state index in [4.69, 9.17) is 11.6 Å². The monoisotopic (exact) mass is 470 g/mol. The van der Waals surface area contributed by atoms with Gasteiger partial charge in [0.2, 0.25) is 0 Å². The third-order valence-corrected chi connectivity index (χ3v) is 7.38. The fourth-order valence-corrected chi connectivity index (χ4v) is 5.62. The topological polar surface area (TPSA) is 39.7 Å². The molecule has 0 unspecified atom stereocenters. The Bertz CT molecular complexity index is 1150. The maximum Gasteiger partial charge on any atom is 0.257 e. The summed E-state index contributed by atoms with van der Waals surface area (Å²) in [5, 5.41) is 1.42. The Kier molecular flexibility index (Phi) is 6.11. The van der Waals surface area contributed by atoms with Crippen molar-refractivity contribution in [1.29, 1.82) is 0 Å². The van der Waals surface area contributed by atoms with Gasteiger partial charge in [0.1, 0.15) is 5.82 Å².